The lowest BCUT2D eigenvalue weighted by atomic mass is 10.1. The number of carbonyl (C=O) groups is 2. The highest BCUT2D eigenvalue weighted by molar-refractivity contribution is 7.92. The van der Waals surface area contributed by atoms with Gasteiger partial charge in [-0.25, -0.2) is 18.1 Å². The minimum atomic E-state index is -3.61. The molecule has 4 heterocycles. The topological polar surface area (TPSA) is 111 Å². The number of piperazine rings is 1. The first-order valence-corrected chi connectivity index (χ1v) is 11.3. The second kappa shape index (κ2) is 6.07. The van der Waals surface area contributed by atoms with Crippen LogP contribution in [0.4, 0.5) is 10.5 Å². The van der Waals surface area contributed by atoms with Crippen LogP contribution in [0.1, 0.15) is 19.4 Å². The molecule has 3 fully saturated rings. The van der Waals surface area contributed by atoms with E-state index in [2.05, 4.69) is 11.1 Å². The molecule has 3 saturated heterocycles. The van der Waals surface area contributed by atoms with Gasteiger partial charge in [0, 0.05) is 11.6 Å². The average Bonchev–Trinajstić information content (AvgIpc) is 3.36. The number of rotatable bonds is 3. The molecule has 3 aliphatic heterocycles. The van der Waals surface area contributed by atoms with Crippen LogP contribution in [0.3, 0.4) is 0 Å². The summed E-state index contributed by atoms with van der Waals surface area (Å²) in [6.07, 6.45) is 1.55. The fourth-order valence-electron chi connectivity index (χ4n) is 5.03. The van der Waals surface area contributed by atoms with Crippen LogP contribution in [0.2, 0.25) is 0 Å². The van der Waals surface area contributed by atoms with Crippen molar-refractivity contribution in [1.82, 2.24) is 9.88 Å². The minimum Gasteiger partial charge on any atom is -0.267 e. The predicted octanol–water partition coefficient (Wildman–Crippen LogP) is 1.19. The molecule has 1 spiro atoms. The molecule has 5 rings (SSSR count). The van der Waals surface area contributed by atoms with Gasteiger partial charge in [-0.15, -0.1) is 0 Å². The van der Waals surface area contributed by atoms with Gasteiger partial charge in [-0.3, -0.25) is 9.78 Å². The number of sulfone groups is 1. The molecule has 1 aromatic heterocycles. The van der Waals surface area contributed by atoms with Crippen LogP contribution in [0, 0.1) is 11.3 Å². The SMILES string of the molecule is CC(C)S(=O)(=O)C1CN2CC3C(=O)N(c4ccc(C#N)c5ncccc45)C(=O)[N+]31C2. The van der Waals surface area contributed by atoms with E-state index >= 15 is 0 Å². The highest BCUT2D eigenvalue weighted by Gasteiger charge is 2.75. The molecular weight excluding hydrogens is 406 g/mol. The summed E-state index contributed by atoms with van der Waals surface area (Å²) in [5.41, 5.74) is 1.08. The van der Waals surface area contributed by atoms with E-state index in [4.69, 9.17) is 0 Å². The molecule has 10 heteroatoms. The standard InChI is InChI=1S/C20H20N5O4S/c1-12(2)30(28,29)17-10-23-9-16-19(26)24(20(27)25(16,17)11-23)15-6-5-13(8-21)18-14(15)4-3-7-22-18/h3-7,12,16-17H,9-11H2,1-2H3/q+1. The molecule has 30 heavy (non-hydrogen) atoms. The summed E-state index contributed by atoms with van der Waals surface area (Å²) in [5, 5.41) is 8.28. The van der Waals surface area contributed by atoms with Crippen molar-refractivity contribution < 1.29 is 22.5 Å². The van der Waals surface area contributed by atoms with E-state index in [0.717, 1.165) is 4.90 Å². The summed E-state index contributed by atoms with van der Waals surface area (Å²) in [4.78, 5) is 34.4. The third-order valence-electron chi connectivity index (χ3n) is 6.55. The van der Waals surface area contributed by atoms with Crippen LogP contribution in [0.5, 0.6) is 0 Å². The van der Waals surface area contributed by atoms with E-state index in [1.807, 2.05) is 4.90 Å². The van der Waals surface area contributed by atoms with Gasteiger partial charge in [0.2, 0.25) is 15.2 Å². The van der Waals surface area contributed by atoms with Crippen LogP contribution in [0.15, 0.2) is 30.5 Å². The Morgan fingerprint density at radius 2 is 2.00 bits per heavy atom. The fraction of sp³-hybridized carbons (Fsp3) is 0.400. The van der Waals surface area contributed by atoms with Crippen molar-refractivity contribution in [1.29, 1.82) is 5.26 Å². The van der Waals surface area contributed by atoms with Gasteiger partial charge in [0.25, 0.3) is 5.91 Å². The van der Waals surface area contributed by atoms with Gasteiger partial charge in [0.05, 0.1) is 35.1 Å². The molecule has 0 saturated carbocycles. The van der Waals surface area contributed by atoms with Crippen LogP contribution < -0.4 is 4.90 Å². The normalized spacial score (nSPS) is 30.3. The van der Waals surface area contributed by atoms with E-state index in [-0.39, 0.29) is 17.7 Å². The molecular formula is C20H20N5O4S+. The van der Waals surface area contributed by atoms with Crippen molar-refractivity contribution >= 4 is 38.4 Å². The van der Waals surface area contributed by atoms with Gasteiger partial charge in [0.15, 0.2) is 6.04 Å². The van der Waals surface area contributed by atoms with Gasteiger partial charge in [-0.05, 0) is 38.1 Å². The first-order valence-electron chi connectivity index (χ1n) is 9.72. The zero-order chi connectivity index (χ0) is 21.4. The van der Waals surface area contributed by atoms with Crippen molar-refractivity contribution in [2.75, 3.05) is 24.7 Å². The summed E-state index contributed by atoms with van der Waals surface area (Å²) >= 11 is 0. The number of nitriles is 1. The molecule has 0 aliphatic carbocycles. The molecule has 3 amide bonds. The zero-order valence-electron chi connectivity index (χ0n) is 16.5. The number of fused-ring (bicyclic) bond motifs is 2. The Morgan fingerprint density at radius 3 is 2.70 bits per heavy atom. The minimum absolute atomic E-state index is 0.217. The quantitative estimate of drug-likeness (QED) is 0.535. The van der Waals surface area contributed by atoms with Gasteiger partial charge in [0.1, 0.15) is 12.7 Å². The first kappa shape index (κ1) is 19.1. The monoisotopic (exact) mass is 426 g/mol. The molecule has 154 valence electrons. The van der Waals surface area contributed by atoms with E-state index in [1.54, 1.807) is 38.2 Å². The van der Waals surface area contributed by atoms with Crippen LogP contribution in [-0.2, 0) is 14.6 Å². The number of pyridine rings is 1. The smallest absolute Gasteiger partial charge is 0.267 e. The number of quaternary nitrogens is 1. The maximum atomic E-state index is 13.8. The molecule has 4 atom stereocenters. The largest absolute Gasteiger partial charge is 0.433 e. The number of imide groups is 1. The van der Waals surface area contributed by atoms with Crippen molar-refractivity contribution in [3.05, 3.63) is 36.0 Å². The van der Waals surface area contributed by atoms with E-state index in [9.17, 15) is 23.3 Å². The fourth-order valence-corrected chi connectivity index (χ4v) is 6.91. The number of hydrogen-bond acceptors (Lipinski definition) is 7. The number of urea groups is 1. The van der Waals surface area contributed by atoms with Crippen molar-refractivity contribution in [3.8, 4) is 6.07 Å². The van der Waals surface area contributed by atoms with Gasteiger partial charge in [-0.2, -0.15) is 14.6 Å². The van der Waals surface area contributed by atoms with E-state index in [1.165, 1.54) is 6.07 Å². The summed E-state index contributed by atoms with van der Waals surface area (Å²) in [6, 6.07) is 7.30. The third kappa shape index (κ3) is 2.17. The maximum Gasteiger partial charge on any atom is 0.433 e. The molecule has 9 nitrogen and oxygen atoms in total. The Bertz CT molecular complexity index is 1270. The number of hydrogen-bond donors (Lipinski definition) is 0. The van der Waals surface area contributed by atoms with Crippen molar-refractivity contribution in [3.63, 3.8) is 0 Å². The average molecular weight is 426 g/mol. The summed E-state index contributed by atoms with van der Waals surface area (Å²) in [7, 11) is -3.61. The molecule has 4 unspecified atom stereocenters. The first-order chi connectivity index (χ1) is 14.2. The molecule has 3 aliphatic rings. The van der Waals surface area contributed by atoms with E-state index in [0.29, 0.717) is 28.7 Å². The zero-order valence-corrected chi connectivity index (χ0v) is 17.3. The number of nitrogens with zero attached hydrogens (tertiary/aromatic N) is 5. The lowest BCUT2D eigenvalue weighted by Crippen LogP contribution is -2.63. The lowest BCUT2D eigenvalue weighted by molar-refractivity contribution is -0.848. The second-order valence-electron chi connectivity index (χ2n) is 8.32. The highest BCUT2D eigenvalue weighted by Crippen LogP contribution is 2.46. The maximum absolute atomic E-state index is 13.8. The number of benzene rings is 1. The Hall–Kier alpha value is -2.87. The summed E-state index contributed by atoms with van der Waals surface area (Å²) in [6.45, 7) is 4.03. The van der Waals surface area contributed by atoms with E-state index < -0.39 is 38.4 Å². The molecule has 2 aromatic rings. The van der Waals surface area contributed by atoms with Crippen molar-refractivity contribution in [2.24, 2.45) is 0 Å². The van der Waals surface area contributed by atoms with Gasteiger partial charge >= 0.3 is 6.03 Å². The molecule has 2 bridgehead atoms. The summed E-state index contributed by atoms with van der Waals surface area (Å²) < 4.78 is 25.8. The number of carbonyl (C=O) groups excluding carboxylic acids is 2. The Kier molecular flexibility index (Phi) is 3.87. The molecule has 0 radical (unpaired) electrons. The highest BCUT2D eigenvalue weighted by atomic mass is 32.2. The Balaban J connectivity index is 1.69. The molecule has 1 aromatic carbocycles. The van der Waals surface area contributed by atoms with Gasteiger partial charge < -0.3 is 0 Å². The van der Waals surface area contributed by atoms with Crippen LogP contribution in [0.25, 0.3) is 10.9 Å². The van der Waals surface area contributed by atoms with Crippen LogP contribution in [-0.4, -0.2) is 71.1 Å². The second-order valence-corrected chi connectivity index (χ2v) is 11.0. The Labute approximate surface area is 173 Å². The van der Waals surface area contributed by atoms with Crippen LogP contribution >= 0.6 is 0 Å². The molecule has 0 N–H and O–H groups in total. The third-order valence-corrected chi connectivity index (χ3v) is 9.14. The number of aromatic nitrogens is 1. The number of anilines is 1. The number of amides is 3. The van der Waals surface area contributed by atoms with Crippen molar-refractivity contribution in [2.45, 2.75) is 30.5 Å². The summed E-state index contributed by atoms with van der Waals surface area (Å²) in [5.74, 6) is -0.402. The van der Waals surface area contributed by atoms with Gasteiger partial charge in [-0.1, -0.05) is 0 Å². The predicted molar refractivity (Wildman–Crippen MR) is 108 cm³/mol. The lowest BCUT2D eigenvalue weighted by Gasteiger charge is -2.34. The Morgan fingerprint density at radius 1 is 1.23 bits per heavy atom.